The zero-order valence-corrected chi connectivity index (χ0v) is 25.0. The first-order valence-electron chi connectivity index (χ1n) is 13.9. The van der Waals surface area contributed by atoms with E-state index in [-0.39, 0.29) is 22.5 Å². The molecule has 1 aromatic heterocycles. The van der Waals surface area contributed by atoms with Gasteiger partial charge >= 0.3 is 0 Å². The van der Waals surface area contributed by atoms with Crippen LogP contribution in [0.15, 0.2) is 41.0 Å². The molecule has 2 heterocycles. The molecular weight excluding hydrogens is 637 g/mol. The van der Waals surface area contributed by atoms with Gasteiger partial charge in [0.05, 0.1) is 24.9 Å². The largest absolute Gasteiger partial charge is 0.394 e. The summed E-state index contributed by atoms with van der Waals surface area (Å²) in [4.78, 5) is 15.7. The summed E-state index contributed by atoms with van der Waals surface area (Å²) in [5.74, 6) is -2.84. The molecule has 10 nitrogen and oxygen atoms in total. The Kier molecular flexibility index (Phi) is 9.54. The van der Waals surface area contributed by atoms with Gasteiger partial charge < -0.3 is 29.7 Å². The Morgan fingerprint density at radius 2 is 1.84 bits per heavy atom. The molecule has 3 N–H and O–H groups in total. The van der Waals surface area contributed by atoms with Gasteiger partial charge in [0.15, 0.2) is 6.10 Å². The van der Waals surface area contributed by atoms with Gasteiger partial charge in [0.2, 0.25) is 0 Å². The molecule has 1 aliphatic heterocycles. The number of rotatable bonds is 7. The molecule has 0 bridgehead atoms. The van der Waals surface area contributed by atoms with Crippen LogP contribution in [-0.4, -0.2) is 86.5 Å². The lowest BCUT2D eigenvalue weighted by Gasteiger charge is -2.46. The monoisotopic (exact) mass is 668 g/mol. The second-order valence-corrected chi connectivity index (χ2v) is 11.8. The summed E-state index contributed by atoms with van der Waals surface area (Å²) in [6, 6.07) is 4.31. The minimum atomic E-state index is -1.45. The molecule has 232 valence electrons. The third kappa shape index (κ3) is 6.22. The Labute approximate surface area is 254 Å². The molecule has 1 aliphatic carbocycles. The molecule has 1 amide bonds. The van der Waals surface area contributed by atoms with Crippen LogP contribution < -0.4 is 4.90 Å². The SMILES string of the molecule is COC1C(C(=O)N(c2cc(F)cc(Br)c2)[C@H]2CCCC[C@@H]2O)OC(CO)C(O)C1n1cc(-c2cc(F)c(C)c(F)c2)nn1. The predicted octanol–water partition coefficient (Wildman–Crippen LogP) is 3.45. The highest BCUT2D eigenvalue weighted by Crippen LogP contribution is 2.37. The molecule has 1 saturated carbocycles. The van der Waals surface area contributed by atoms with Gasteiger partial charge in [-0.15, -0.1) is 5.10 Å². The minimum Gasteiger partial charge on any atom is -0.394 e. The topological polar surface area (TPSA) is 130 Å². The van der Waals surface area contributed by atoms with E-state index in [9.17, 15) is 33.3 Å². The van der Waals surface area contributed by atoms with E-state index >= 15 is 0 Å². The average molecular weight is 669 g/mol. The highest BCUT2D eigenvalue weighted by atomic mass is 79.9. The summed E-state index contributed by atoms with van der Waals surface area (Å²) in [5, 5.41) is 40.3. The van der Waals surface area contributed by atoms with Crippen molar-refractivity contribution in [3.63, 3.8) is 0 Å². The molecule has 0 radical (unpaired) electrons. The number of benzene rings is 2. The molecule has 43 heavy (non-hydrogen) atoms. The van der Waals surface area contributed by atoms with Crippen LogP contribution in [-0.2, 0) is 14.3 Å². The number of aliphatic hydroxyl groups excluding tert-OH is 3. The highest BCUT2D eigenvalue weighted by Gasteiger charge is 2.52. The first-order chi connectivity index (χ1) is 20.5. The van der Waals surface area contributed by atoms with Crippen molar-refractivity contribution < 1.29 is 42.8 Å². The Morgan fingerprint density at radius 1 is 1.14 bits per heavy atom. The van der Waals surface area contributed by atoms with E-state index in [1.54, 1.807) is 6.07 Å². The summed E-state index contributed by atoms with van der Waals surface area (Å²) < 4.78 is 56.3. The Hall–Kier alpha value is -2.88. The van der Waals surface area contributed by atoms with E-state index in [1.807, 2.05) is 0 Å². The molecule has 1 saturated heterocycles. The fourth-order valence-corrected chi connectivity index (χ4v) is 6.35. The van der Waals surface area contributed by atoms with E-state index in [2.05, 4.69) is 26.2 Å². The van der Waals surface area contributed by atoms with Crippen molar-refractivity contribution in [1.82, 2.24) is 15.0 Å². The van der Waals surface area contributed by atoms with Crippen molar-refractivity contribution in [1.29, 1.82) is 0 Å². The van der Waals surface area contributed by atoms with Gasteiger partial charge in [-0.1, -0.05) is 34.0 Å². The maximum atomic E-state index is 14.5. The number of halogens is 4. The van der Waals surface area contributed by atoms with Crippen LogP contribution in [0.4, 0.5) is 18.9 Å². The first-order valence-corrected chi connectivity index (χ1v) is 14.7. The van der Waals surface area contributed by atoms with Crippen LogP contribution in [0.1, 0.15) is 37.3 Å². The molecule has 2 aliphatic rings. The van der Waals surface area contributed by atoms with E-state index in [0.717, 1.165) is 25.0 Å². The molecular formula is C29H32BrF3N4O6. The maximum absolute atomic E-state index is 14.5. The van der Waals surface area contributed by atoms with Gasteiger partial charge in [0.1, 0.15) is 47.5 Å². The lowest BCUT2D eigenvalue weighted by Crippen LogP contribution is -2.63. The molecule has 3 aromatic rings. The number of anilines is 1. The normalized spacial score (nSPS) is 27.7. The summed E-state index contributed by atoms with van der Waals surface area (Å²) in [6.45, 7) is 0.628. The van der Waals surface area contributed by atoms with Crippen molar-refractivity contribution in [2.24, 2.45) is 0 Å². The summed E-state index contributed by atoms with van der Waals surface area (Å²) in [7, 11) is 1.30. The van der Waals surface area contributed by atoms with Crippen LogP contribution in [0.25, 0.3) is 11.3 Å². The van der Waals surface area contributed by atoms with Gasteiger partial charge in [-0.25, -0.2) is 17.9 Å². The van der Waals surface area contributed by atoms with Crippen LogP contribution in [0.3, 0.4) is 0 Å². The van der Waals surface area contributed by atoms with Crippen molar-refractivity contribution in [3.8, 4) is 11.3 Å². The van der Waals surface area contributed by atoms with Crippen molar-refractivity contribution >= 4 is 27.5 Å². The number of amides is 1. The average Bonchev–Trinajstić information content (AvgIpc) is 3.45. The van der Waals surface area contributed by atoms with Crippen LogP contribution >= 0.6 is 15.9 Å². The minimum absolute atomic E-state index is 0.0892. The second-order valence-electron chi connectivity index (χ2n) is 10.9. The summed E-state index contributed by atoms with van der Waals surface area (Å²) in [5.41, 5.74) is 0.214. The Balaban J connectivity index is 1.55. The van der Waals surface area contributed by atoms with E-state index in [4.69, 9.17) is 9.47 Å². The Bertz CT molecular complexity index is 1430. The number of ether oxygens (including phenoxy) is 2. The number of hydrogen-bond donors (Lipinski definition) is 3. The quantitative estimate of drug-likeness (QED) is 0.349. The van der Waals surface area contributed by atoms with Gasteiger partial charge in [0, 0.05) is 28.4 Å². The number of methoxy groups -OCH3 is 1. The lowest BCUT2D eigenvalue weighted by atomic mass is 9.88. The molecule has 2 aromatic carbocycles. The number of hydrogen-bond acceptors (Lipinski definition) is 8. The first kappa shape index (κ1) is 31.5. The molecule has 14 heteroatoms. The van der Waals surface area contributed by atoms with Crippen LogP contribution in [0, 0.1) is 24.4 Å². The lowest BCUT2D eigenvalue weighted by molar-refractivity contribution is -0.211. The standard InChI is InChI=1S/C29H32BrF3N4O6/c1-14-19(32)7-15(8-20(14)33)21-12-36(35-34-21)25-26(40)24(13-38)43-28(27(25)42-2)29(41)37(22-5-3-4-6-23(22)39)18-10-16(30)9-17(31)11-18/h7-12,22-28,38-40H,3-6,13H2,1-2H3/t22-,23-,24?,25?,26?,27?,28?/m0/s1. The van der Waals surface area contributed by atoms with Crippen molar-refractivity contribution in [2.75, 3.05) is 18.6 Å². The van der Waals surface area contributed by atoms with Gasteiger partial charge in [-0.05, 0) is 50.1 Å². The van der Waals surface area contributed by atoms with Crippen LogP contribution in [0.5, 0.6) is 0 Å². The summed E-state index contributed by atoms with van der Waals surface area (Å²) in [6.07, 6.45) is -2.57. The number of aromatic nitrogens is 3. The van der Waals surface area contributed by atoms with Crippen molar-refractivity contribution in [2.45, 2.75) is 75.2 Å². The number of carbonyl (C=O) groups excluding carboxylic acids is 1. The van der Waals surface area contributed by atoms with Crippen molar-refractivity contribution in [3.05, 3.63) is 64.0 Å². The molecule has 5 rings (SSSR count). The molecule has 5 unspecified atom stereocenters. The second kappa shape index (κ2) is 13.0. The van der Waals surface area contributed by atoms with Gasteiger partial charge in [-0.3, -0.25) is 4.79 Å². The maximum Gasteiger partial charge on any atom is 0.259 e. The smallest absolute Gasteiger partial charge is 0.259 e. The number of aliphatic hydroxyl groups is 3. The van der Waals surface area contributed by atoms with E-state index in [0.29, 0.717) is 17.3 Å². The number of carbonyl (C=O) groups is 1. The summed E-state index contributed by atoms with van der Waals surface area (Å²) >= 11 is 3.27. The zero-order valence-electron chi connectivity index (χ0n) is 23.4. The predicted molar refractivity (Wildman–Crippen MR) is 152 cm³/mol. The highest BCUT2D eigenvalue weighted by molar-refractivity contribution is 9.10. The van der Waals surface area contributed by atoms with E-state index < -0.39 is 72.6 Å². The number of nitrogens with zero attached hydrogens (tertiary/aromatic N) is 4. The third-order valence-corrected chi connectivity index (χ3v) is 8.62. The molecule has 2 fully saturated rings. The zero-order chi connectivity index (χ0) is 31.0. The molecule has 7 atom stereocenters. The van der Waals surface area contributed by atoms with Gasteiger partial charge in [-0.2, -0.15) is 0 Å². The fraction of sp³-hybridized carbons (Fsp3) is 0.483. The molecule has 0 spiro atoms. The fourth-order valence-electron chi connectivity index (χ4n) is 5.90. The third-order valence-electron chi connectivity index (χ3n) is 8.16. The van der Waals surface area contributed by atoms with Gasteiger partial charge in [0.25, 0.3) is 5.91 Å². The van der Waals surface area contributed by atoms with Crippen LogP contribution in [0.2, 0.25) is 0 Å². The Morgan fingerprint density at radius 3 is 2.47 bits per heavy atom. The van der Waals surface area contributed by atoms with E-state index in [1.165, 1.54) is 41.9 Å².